The molecule has 9 heteroatoms. The first-order valence-corrected chi connectivity index (χ1v) is 12.6. The smallest absolute Gasteiger partial charge is 0.338 e. The number of halogens is 1. The molecule has 4 rings (SSSR count). The van der Waals surface area contributed by atoms with Crippen molar-refractivity contribution < 1.29 is 14.3 Å². The third-order valence-corrected chi connectivity index (χ3v) is 6.26. The molecule has 0 aliphatic carbocycles. The molecule has 34 heavy (non-hydrogen) atoms. The van der Waals surface area contributed by atoms with Crippen LogP contribution in [0.25, 0.3) is 0 Å². The van der Waals surface area contributed by atoms with Gasteiger partial charge in [0.15, 0.2) is 0 Å². The van der Waals surface area contributed by atoms with Crippen LogP contribution in [0.15, 0.2) is 65.0 Å². The topological polar surface area (TPSA) is 78.3 Å². The Morgan fingerprint density at radius 1 is 1.18 bits per heavy atom. The van der Waals surface area contributed by atoms with Gasteiger partial charge in [-0.05, 0) is 42.9 Å². The highest BCUT2D eigenvalue weighted by Gasteiger charge is 2.36. The quantitative estimate of drug-likeness (QED) is 0.292. The van der Waals surface area contributed by atoms with E-state index in [0.29, 0.717) is 46.4 Å². The normalized spacial score (nSPS) is 15.0. The van der Waals surface area contributed by atoms with E-state index < -0.39 is 6.04 Å². The van der Waals surface area contributed by atoms with Crippen LogP contribution in [-0.4, -0.2) is 33.1 Å². The number of rotatable bonds is 9. The fraction of sp³-hybridized carbons (Fsp3) is 0.320. The average Bonchev–Trinajstić information content (AvgIpc) is 3.23. The van der Waals surface area contributed by atoms with Crippen molar-refractivity contribution in [3.63, 3.8) is 0 Å². The van der Waals surface area contributed by atoms with Crippen molar-refractivity contribution in [2.45, 2.75) is 45.0 Å². The minimum absolute atomic E-state index is 0.345. The molecule has 1 aliphatic rings. The number of allylic oxidation sites excluding steroid dienone is 1. The second-order valence-electron chi connectivity index (χ2n) is 7.75. The first-order chi connectivity index (χ1) is 16.5. The first-order valence-electron chi connectivity index (χ1n) is 11.2. The second kappa shape index (κ2) is 11.0. The summed E-state index contributed by atoms with van der Waals surface area (Å²) in [6, 6.07) is 14.7. The number of ether oxygens (including phenoxy) is 2. The molecule has 0 spiro atoms. The molecular formula is C25H27ClN4O3S. The molecule has 1 N–H and O–H groups in total. The van der Waals surface area contributed by atoms with Gasteiger partial charge in [-0.3, -0.25) is 0 Å². The maximum Gasteiger partial charge on any atom is 0.338 e. The van der Waals surface area contributed by atoms with Crippen molar-refractivity contribution in [3.8, 4) is 5.75 Å². The summed E-state index contributed by atoms with van der Waals surface area (Å²) in [6.07, 6.45) is 0.739. The lowest BCUT2D eigenvalue weighted by atomic mass is 9.95. The van der Waals surface area contributed by atoms with Crippen molar-refractivity contribution in [2.24, 2.45) is 0 Å². The highest BCUT2D eigenvalue weighted by Crippen LogP contribution is 2.40. The summed E-state index contributed by atoms with van der Waals surface area (Å²) < 4.78 is 13.5. The number of aromatic nitrogens is 3. The molecule has 178 valence electrons. The number of esters is 1. The van der Waals surface area contributed by atoms with Crippen molar-refractivity contribution >= 4 is 35.3 Å². The molecule has 2 heterocycles. The summed E-state index contributed by atoms with van der Waals surface area (Å²) in [5, 5.41) is 9.26. The average molecular weight is 499 g/mol. The Kier molecular flexibility index (Phi) is 7.80. The largest absolute Gasteiger partial charge is 0.489 e. The molecule has 1 unspecified atom stereocenters. The van der Waals surface area contributed by atoms with Gasteiger partial charge in [0.05, 0.1) is 12.2 Å². The van der Waals surface area contributed by atoms with Crippen LogP contribution in [0, 0.1) is 0 Å². The van der Waals surface area contributed by atoms with Gasteiger partial charge in [-0.1, -0.05) is 67.5 Å². The molecule has 1 aromatic heterocycles. The number of fused-ring (bicyclic) bond motifs is 1. The van der Waals surface area contributed by atoms with E-state index in [9.17, 15) is 4.79 Å². The maximum atomic E-state index is 13.2. The van der Waals surface area contributed by atoms with Gasteiger partial charge >= 0.3 is 5.97 Å². The zero-order valence-corrected chi connectivity index (χ0v) is 20.9. The van der Waals surface area contributed by atoms with Crippen molar-refractivity contribution in [1.82, 2.24) is 14.8 Å². The molecule has 0 radical (unpaired) electrons. The van der Waals surface area contributed by atoms with Crippen LogP contribution in [0.4, 0.5) is 5.95 Å². The molecule has 3 aromatic rings. The van der Waals surface area contributed by atoms with E-state index in [4.69, 9.17) is 26.2 Å². The van der Waals surface area contributed by atoms with E-state index in [0.717, 1.165) is 23.3 Å². The Hall–Kier alpha value is -2.97. The van der Waals surface area contributed by atoms with Crippen LogP contribution >= 0.6 is 23.4 Å². The van der Waals surface area contributed by atoms with Crippen LogP contribution in [-0.2, 0) is 16.1 Å². The SMILES string of the molecule is CCCOC(=O)C1=C(C)Nc2nc(SCC)nn2C1c1ccccc1OCc1ccc(Cl)cc1. The molecule has 1 aliphatic heterocycles. The number of anilines is 1. The summed E-state index contributed by atoms with van der Waals surface area (Å²) in [5.41, 5.74) is 2.97. The van der Waals surface area contributed by atoms with E-state index in [1.54, 1.807) is 16.4 Å². The van der Waals surface area contributed by atoms with Crippen molar-refractivity contribution in [3.05, 3.63) is 76.0 Å². The van der Waals surface area contributed by atoms with Crippen LogP contribution in [0.3, 0.4) is 0 Å². The van der Waals surface area contributed by atoms with Crippen LogP contribution < -0.4 is 10.1 Å². The Morgan fingerprint density at radius 2 is 1.94 bits per heavy atom. The number of thioether (sulfide) groups is 1. The number of nitrogens with zero attached hydrogens (tertiary/aromatic N) is 3. The summed E-state index contributed by atoms with van der Waals surface area (Å²) in [5.74, 6) is 1.70. The van der Waals surface area contributed by atoms with Crippen LogP contribution in [0.1, 0.15) is 44.4 Å². The summed E-state index contributed by atoms with van der Waals surface area (Å²) in [7, 11) is 0. The Balaban J connectivity index is 1.74. The van der Waals surface area contributed by atoms with Gasteiger partial charge in [0, 0.05) is 16.3 Å². The Labute approximate surface area is 208 Å². The number of carbonyl (C=O) groups is 1. The van der Waals surface area contributed by atoms with Crippen molar-refractivity contribution in [1.29, 1.82) is 0 Å². The van der Waals surface area contributed by atoms with Gasteiger partial charge in [0.25, 0.3) is 0 Å². The molecule has 0 bridgehead atoms. The molecule has 0 fully saturated rings. The third-order valence-electron chi connectivity index (χ3n) is 5.28. The minimum Gasteiger partial charge on any atom is -0.489 e. The highest BCUT2D eigenvalue weighted by atomic mass is 35.5. The first kappa shape index (κ1) is 24.2. The molecule has 2 aromatic carbocycles. The highest BCUT2D eigenvalue weighted by molar-refractivity contribution is 7.99. The van der Waals surface area contributed by atoms with E-state index >= 15 is 0 Å². The molecule has 0 amide bonds. The third kappa shape index (κ3) is 5.23. The zero-order valence-electron chi connectivity index (χ0n) is 19.4. The van der Waals surface area contributed by atoms with Gasteiger partial charge in [-0.15, -0.1) is 5.10 Å². The number of para-hydroxylation sites is 1. The minimum atomic E-state index is -0.541. The second-order valence-corrected chi connectivity index (χ2v) is 9.42. The predicted molar refractivity (Wildman–Crippen MR) is 134 cm³/mol. The standard InChI is InChI=1S/C25H27ClN4O3S/c1-4-14-32-23(31)21-16(3)27-24-28-25(34-5-2)29-30(24)22(21)19-8-6-7-9-20(19)33-15-17-10-12-18(26)13-11-17/h6-13,22H,4-5,14-15H2,1-3H3,(H,27,28,29). The summed E-state index contributed by atoms with van der Waals surface area (Å²) >= 11 is 7.55. The Bertz CT molecular complexity index is 1190. The van der Waals surface area contributed by atoms with E-state index in [1.807, 2.05) is 69.3 Å². The number of hydrogen-bond acceptors (Lipinski definition) is 7. The van der Waals surface area contributed by atoms with Gasteiger partial charge in [0.1, 0.15) is 18.4 Å². The number of benzene rings is 2. The predicted octanol–water partition coefficient (Wildman–Crippen LogP) is 5.86. The number of carbonyl (C=O) groups excluding carboxylic acids is 1. The summed E-state index contributed by atoms with van der Waals surface area (Å²) in [4.78, 5) is 17.8. The molecule has 1 atom stereocenters. The summed E-state index contributed by atoms with van der Waals surface area (Å²) in [6.45, 7) is 6.58. The Morgan fingerprint density at radius 3 is 2.68 bits per heavy atom. The molecule has 7 nitrogen and oxygen atoms in total. The lowest BCUT2D eigenvalue weighted by Gasteiger charge is -2.29. The maximum absolute atomic E-state index is 13.2. The van der Waals surface area contributed by atoms with E-state index in [2.05, 4.69) is 10.3 Å². The van der Waals surface area contributed by atoms with Crippen molar-refractivity contribution in [2.75, 3.05) is 17.7 Å². The van der Waals surface area contributed by atoms with E-state index in [-0.39, 0.29) is 5.97 Å². The molecule has 0 saturated heterocycles. The number of nitrogens with one attached hydrogen (secondary N) is 1. The monoisotopic (exact) mass is 498 g/mol. The van der Waals surface area contributed by atoms with Gasteiger partial charge in [0.2, 0.25) is 11.1 Å². The van der Waals surface area contributed by atoms with Crippen LogP contribution in [0.5, 0.6) is 5.75 Å². The molecular weight excluding hydrogens is 472 g/mol. The number of hydrogen-bond donors (Lipinski definition) is 1. The fourth-order valence-electron chi connectivity index (χ4n) is 3.73. The van der Waals surface area contributed by atoms with Gasteiger partial charge < -0.3 is 14.8 Å². The van der Waals surface area contributed by atoms with Gasteiger partial charge in [-0.25, -0.2) is 9.48 Å². The lowest BCUT2D eigenvalue weighted by molar-refractivity contribution is -0.139. The van der Waals surface area contributed by atoms with E-state index in [1.165, 1.54) is 0 Å². The fourth-order valence-corrected chi connectivity index (χ4v) is 4.41. The van der Waals surface area contributed by atoms with Gasteiger partial charge in [-0.2, -0.15) is 4.98 Å². The lowest BCUT2D eigenvalue weighted by Crippen LogP contribution is -2.30. The zero-order chi connectivity index (χ0) is 24.1. The molecule has 0 saturated carbocycles. The van der Waals surface area contributed by atoms with Crippen LogP contribution in [0.2, 0.25) is 5.02 Å².